The number of epoxide rings is 1. The number of nitrogens with zero attached hydrogens (tertiary/aromatic N) is 1. The second-order valence-corrected chi connectivity index (χ2v) is 9.62. The Morgan fingerprint density at radius 2 is 1.67 bits per heavy atom. The van der Waals surface area contributed by atoms with E-state index >= 15 is 0 Å². The van der Waals surface area contributed by atoms with E-state index in [1.807, 2.05) is 6.92 Å². The number of ether oxygens (including phenoxy) is 4. The molecule has 0 amide bonds. The Labute approximate surface area is 215 Å². The van der Waals surface area contributed by atoms with Gasteiger partial charge in [-0.1, -0.05) is 65.2 Å². The van der Waals surface area contributed by atoms with Gasteiger partial charge in [-0.2, -0.15) is 0 Å². The van der Waals surface area contributed by atoms with Crippen LogP contribution in [0.2, 0.25) is 0 Å². The molecule has 0 N–H and O–H groups in total. The number of esters is 1. The quantitative estimate of drug-likeness (QED) is 0.114. The third-order valence-electron chi connectivity index (χ3n) is 6.45. The van der Waals surface area contributed by atoms with Crippen molar-refractivity contribution in [3.8, 4) is 11.5 Å². The van der Waals surface area contributed by atoms with Crippen molar-refractivity contribution in [3.05, 3.63) is 36.0 Å². The highest BCUT2D eigenvalue weighted by molar-refractivity contribution is 6.38. The van der Waals surface area contributed by atoms with Gasteiger partial charge in [0.05, 0.1) is 18.3 Å². The van der Waals surface area contributed by atoms with Gasteiger partial charge in [-0.3, -0.25) is 4.79 Å². The average molecular weight is 500 g/mol. The van der Waals surface area contributed by atoms with Gasteiger partial charge < -0.3 is 18.9 Å². The minimum atomic E-state index is -0.597. The van der Waals surface area contributed by atoms with Gasteiger partial charge in [0.25, 0.3) is 5.90 Å². The summed E-state index contributed by atoms with van der Waals surface area (Å²) in [5, 5.41) is 0. The van der Waals surface area contributed by atoms with Gasteiger partial charge in [0, 0.05) is 12.6 Å². The summed E-state index contributed by atoms with van der Waals surface area (Å²) in [5.41, 5.74) is 0.196. The molecule has 7 nitrogen and oxygen atoms in total. The molecule has 0 bridgehead atoms. The summed E-state index contributed by atoms with van der Waals surface area (Å²) in [7, 11) is 0. The smallest absolute Gasteiger partial charge is 0.341 e. The lowest BCUT2D eigenvalue weighted by atomic mass is 10.1. The first kappa shape index (κ1) is 27.9. The van der Waals surface area contributed by atoms with Gasteiger partial charge in [0.15, 0.2) is 0 Å². The lowest BCUT2D eigenvalue weighted by Crippen LogP contribution is -2.30. The predicted octanol–water partition coefficient (Wildman–Crippen LogP) is 6.34. The molecule has 198 valence electrons. The molecule has 2 aliphatic rings. The topological polar surface area (TPSA) is 86.7 Å². The van der Waals surface area contributed by atoms with Crippen LogP contribution in [0.1, 0.15) is 91.4 Å². The first-order valence-corrected chi connectivity index (χ1v) is 13.6. The maximum atomic E-state index is 12.5. The first-order valence-electron chi connectivity index (χ1n) is 13.6. The molecular formula is C29H41NO6. The zero-order chi connectivity index (χ0) is 25.8. The highest BCUT2D eigenvalue weighted by Gasteiger charge is 2.44. The van der Waals surface area contributed by atoms with Gasteiger partial charge in [0.2, 0.25) is 5.78 Å². The number of aliphatic imine (C=N–C) groups is 1. The van der Waals surface area contributed by atoms with Gasteiger partial charge in [-0.15, -0.1) is 0 Å². The Morgan fingerprint density at radius 3 is 2.33 bits per heavy atom. The van der Waals surface area contributed by atoms with Crippen LogP contribution in [0.5, 0.6) is 11.5 Å². The number of hydrogen-bond acceptors (Lipinski definition) is 7. The maximum absolute atomic E-state index is 12.5. The Bertz CT molecular complexity index is 907. The average Bonchev–Trinajstić information content (AvgIpc) is 3.65. The molecule has 0 saturated carbocycles. The number of unbranched alkanes of at least 4 members (excludes halogenated alkanes) is 7. The molecule has 1 saturated heterocycles. The molecule has 1 aromatic carbocycles. The summed E-state index contributed by atoms with van der Waals surface area (Å²) in [6.45, 7) is 6.88. The molecule has 2 aliphatic heterocycles. The summed E-state index contributed by atoms with van der Waals surface area (Å²) in [6.07, 6.45) is 13.2. The molecule has 36 heavy (non-hydrogen) atoms. The Balaban J connectivity index is 1.37. The Morgan fingerprint density at radius 1 is 1.00 bits per heavy atom. The minimum absolute atomic E-state index is 0.0111. The van der Waals surface area contributed by atoms with Crippen LogP contribution < -0.4 is 9.47 Å². The number of carbonyl (C=O) groups excluding carboxylic acids is 2. The highest BCUT2D eigenvalue weighted by Crippen LogP contribution is 2.31. The fraction of sp³-hybridized carbons (Fsp3) is 0.621. The van der Waals surface area contributed by atoms with Gasteiger partial charge in [-0.25, -0.2) is 9.79 Å². The van der Waals surface area contributed by atoms with E-state index in [4.69, 9.17) is 18.9 Å². The van der Waals surface area contributed by atoms with Crippen LogP contribution in [0, 0.1) is 0 Å². The van der Waals surface area contributed by atoms with Crippen molar-refractivity contribution < 1.29 is 28.5 Å². The summed E-state index contributed by atoms with van der Waals surface area (Å²) in [5.74, 6) is 0.211. The van der Waals surface area contributed by atoms with Crippen molar-refractivity contribution >= 4 is 17.7 Å². The van der Waals surface area contributed by atoms with Crippen molar-refractivity contribution in [2.45, 2.75) is 110 Å². The number of Topliss-reactive ketones (excluding diaryl/α,β-unsaturated/α-hetero) is 1. The van der Waals surface area contributed by atoms with E-state index in [0.29, 0.717) is 12.4 Å². The van der Waals surface area contributed by atoms with Crippen LogP contribution in [-0.2, 0) is 19.1 Å². The van der Waals surface area contributed by atoms with Crippen molar-refractivity contribution in [1.29, 1.82) is 0 Å². The number of carbonyl (C=O) groups is 2. The van der Waals surface area contributed by atoms with Crippen molar-refractivity contribution in [3.63, 3.8) is 0 Å². The zero-order valence-electron chi connectivity index (χ0n) is 22.0. The van der Waals surface area contributed by atoms with Crippen LogP contribution in [0.3, 0.4) is 0 Å². The van der Waals surface area contributed by atoms with E-state index in [1.54, 1.807) is 24.3 Å². The second-order valence-electron chi connectivity index (χ2n) is 9.62. The molecule has 7 heteroatoms. The third-order valence-corrected chi connectivity index (χ3v) is 6.45. The first-order chi connectivity index (χ1) is 17.5. The van der Waals surface area contributed by atoms with E-state index < -0.39 is 5.97 Å². The lowest BCUT2D eigenvalue weighted by molar-refractivity contribution is -0.131. The maximum Gasteiger partial charge on any atom is 0.341 e. The van der Waals surface area contributed by atoms with Crippen LogP contribution in [-0.4, -0.2) is 42.6 Å². The van der Waals surface area contributed by atoms with E-state index in [0.717, 1.165) is 25.0 Å². The molecule has 0 unspecified atom stereocenters. The van der Waals surface area contributed by atoms with E-state index in [9.17, 15) is 9.59 Å². The van der Waals surface area contributed by atoms with E-state index in [-0.39, 0.29) is 42.0 Å². The summed E-state index contributed by atoms with van der Waals surface area (Å²) >= 11 is 0. The van der Waals surface area contributed by atoms with Gasteiger partial charge >= 0.3 is 5.97 Å². The molecular weight excluding hydrogens is 458 g/mol. The molecule has 0 aliphatic carbocycles. The van der Waals surface area contributed by atoms with Crippen LogP contribution in [0.4, 0.5) is 0 Å². The SMILES string of the molecule is CCCCCCCCCCOc1ccc(OC(=O)C2=CN=C(O[C@H](C)[C@@H]3O[C@H]3CCC)C(=O)C2)cc1. The van der Waals surface area contributed by atoms with Crippen LogP contribution >= 0.6 is 0 Å². The molecule has 0 radical (unpaired) electrons. The molecule has 1 aromatic rings. The normalized spacial score (nSPS) is 19.8. The number of rotatable bonds is 16. The molecule has 3 rings (SSSR count). The third kappa shape index (κ3) is 9.08. The second kappa shape index (κ2) is 14.8. The summed E-state index contributed by atoms with van der Waals surface area (Å²) in [4.78, 5) is 29.0. The highest BCUT2D eigenvalue weighted by atomic mass is 16.6. The standard InChI is InChI=1S/C29H41NO6/c1-4-6-7-8-9-10-11-12-18-33-23-14-16-24(17-15-23)35-29(32)22-19-25(31)28(30-20-22)34-21(3)27-26(36-27)13-5-2/h14-17,20-21,26-27H,4-13,18-19H2,1-3H3/t21-,26+,27+/m1/s1. The van der Waals surface area contributed by atoms with Crippen molar-refractivity contribution in [2.75, 3.05) is 6.61 Å². The van der Waals surface area contributed by atoms with Crippen molar-refractivity contribution in [1.82, 2.24) is 0 Å². The number of benzene rings is 1. The van der Waals surface area contributed by atoms with Crippen LogP contribution in [0.25, 0.3) is 0 Å². The molecule has 3 atom stereocenters. The fourth-order valence-electron chi connectivity index (χ4n) is 4.26. The molecule has 0 spiro atoms. The monoisotopic (exact) mass is 499 g/mol. The van der Waals surface area contributed by atoms with E-state index in [1.165, 1.54) is 51.1 Å². The molecule has 2 heterocycles. The Hall–Kier alpha value is -2.67. The molecule has 0 aromatic heterocycles. The molecule has 1 fully saturated rings. The fourth-order valence-corrected chi connectivity index (χ4v) is 4.26. The van der Waals surface area contributed by atoms with Gasteiger partial charge in [-0.05, 0) is 44.0 Å². The largest absolute Gasteiger partial charge is 0.494 e. The zero-order valence-corrected chi connectivity index (χ0v) is 22.0. The van der Waals surface area contributed by atoms with E-state index in [2.05, 4.69) is 18.8 Å². The van der Waals surface area contributed by atoms with Gasteiger partial charge in [0.1, 0.15) is 23.7 Å². The number of ketones is 1. The Kier molecular flexibility index (Phi) is 11.5. The minimum Gasteiger partial charge on any atom is -0.494 e. The lowest BCUT2D eigenvalue weighted by Gasteiger charge is -2.16. The summed E-state index contributed by atoms with van der Waals surface area (Å²) < 4.78 is 22.5. The van der Waals surface area contributed by atoms with Crippen LogP contribution in [0.15, 0.2) is 41.0 Å². The number of hydrogen-bond donors (Lipinski definition) is 0. The summed E-state index contributed by atoms with van der Waals surface area (Å²) in [6, 6.07) is 6.94. The predicted molar refractivity (Wildman–Crippen MR) is 139 cm³/mol. The van der Waals surface area contributed by atoms with Crippen molar-refractivity contribution in [2.24, 2.45) is 4.99 Å².